The average Bonchev–Trinajstić information content (AvgIpc) is 2.77. The fraction of sp³-hybridized carbons (Fsp3) is 0.636. The van der Waals surface area contributed by atoms with E-state index in [1.54, 1.807) is 12.5 Å². The van der Waals surface area contributed by atoms with Crippen molar-refractivity contribution in [2.45, 2.75) is 32.9 Å². The third-order valence-corrected chi connectivity index (χ3v) is 2.71. The molecule has 1 aromatic rings. The SMILES string of the molecule is CCC(C(=O)OC)C(O)c1cncn1CC. The number of imidazole rings is 1. The molecule has 16 heavy (non-hydrogen) atoms. The first-order valence-corrected chi connectivity index (χ1v) is 5.41. The van der Waals surface area contributed by atoms with Crippen LogP contribution < -0.4 is 0 Å². The van der Waals surface area contributed by atoms with Crippen molar-refractivity contribution < 1.29 is 14.6 Å². The van der Waals surface area contributed by atoms with E-state index in [4.69, 9.17) is 0 Å². The number of aliphatic hydroxyl groups is 1. The number of carbonyl (C=O) groups is 1. The minimum atomic E-state index is -0.861. The maximum absolute atomic E-state index is 11.5. The number of esters is 1. The fourth-order valence-electron chi connectivity index (χ4n) is 1.72. The van der Waals surface area contributed by atoms with Gasteiger partial charge in [0, 0.05) is 6.54 Å². The molecule has 0 bridgehead atoms. The summed E-state index contributed by atoms with van der Waals surface area (Å²) in [5, 5.41) is 10.1. The number of hydrogen-bond acceptors (Lipinski definition) is 4. The predicted octanol–water partition coefficient (Wildman–Crippen LogP) is 1.14. The third kappa shape index (κ3) is 2.41. The minimum Gasteiger partial charge on any atom is -0.469 e. The van der Waals surface area contributed by atoms with Gasteiger partial charge in [-0.05, 0) is 13.3 Å². The van der Waals surface area contributed by atoms with Crippen LogP contribution in [0.25, 0.3) is 0 Å². The van der Waals surface area contributed by atoms with Crippen LogP contribution in [0.2, 0.25) is 0 Å². The second-order valence-electron chi connectivity index (χ2n) is 3.59. The summed E-state index contributed by atoms with van der Waals surface area (Å²) in [6.07, 6.45) is 2.89. The fourth-order valence-corrected chi connectivity index (χ4v) is 1.72. The molecule has 0 radical (unpaired) electrons. The summed E-state index contributed by atoms with van der Waals surface area (Å²) in [5.41, 5.74) is 0.653. The molecule has 1 rings (SSSR count). The van der Waals surface area contributed by atoms with Gasteiger partial charge in [0.05, 0.1) is 31.2 Å². The first-order valence-electron chi connectivity index (χ1n) is 5.41. The van der Waals surface area contributed by atoms with Gasteiger partial charge in [-0.25, -0.2) is 4.98 Å². The second kappa shape index (κ2) is 5.65. The Morgan fingerprint density at radius 1 is 1.62 bits per heavy atom. The van der Waals surface area contributed by atoms with E-state index in [9.17, 15) is 9.90 Å². The van der Waals surface area contributed by atoms with E-state index in [-0.39, 0.29) is 5.97 Å². The molecule has 90 valence electrons. The molecular formula is C11H18N2O3. The van der Waals surface area contributed by atoms with Gasteiger partial charge in [-0.1, -0.05) is 6.92 Å². The Hall–Kier alpha value is -1.36. The zero-order valence-corrected chi connectivity index (χ0v) is 9.88. The van der Waals surface area contributed by atoms with Crippen molar-refractivity contribution in [2.24, 2.45) is 5.92 Å². The van der Waals surface area contributed by atoms with Crippen LogP contribution in [-0.4, -0.2) is 27.7 Å². The van der Waals surface area contributed by atoms with Gasteiger partial charge in [0.2, 0.25) is 0 Å². The van der Waals surface area contributed by atoms with Gasteiger partial charge in [-0.15, -0.1) is 0 Å². The first kappa shape index (κ1) is 12.7. The molecule has 1 N–H and O–H groups in total. The normalized spacial score (nSPS) is 14.5. The predicted molar refractivity (Wildman–Crippen MR) is 58.7 cm³/mol. The molecule has 5 nitrogen and oxygen atoms in total. The minimum absolute atomic E-state index is 0.390. The molecule has 0 aliphatic carbocycles. The standard InChI is InChI=1S/C11H18N2O3/c1-4-8(11(15)16-3)10(14)9-6-12-7-13(9)5-2/h6-8,10,14H,4-5H2,1-3H3. The molecule has 1 heterocycles. The number of ether oxygens (including phenoxy) is 1. The Morgan fingerprint density at radius 2 is 2.31 bits per heavy atom. The van der Waals surface area contributed by atoms with Crippen molar-refractivity contribution in [3.63, 3.8) is 0 Å². The molecular weight excluding hydrogens is 208 g/mol. The zero-order valence-electron chi connectivity index (χ0n) is 9.88. The van der Waals surface area contributed by atoms with Gasteiger partial charge in [0.25, 0.3) is 0 Å². The summed E-state index contributed by atoms with van der Waals surface area (Å²) in [6.45, 7) is 4.51. The van der Waals surface area contributed by atoms with Crippen LogP contribution in [0.15, 0.2) is 12.5 Å². The van der Waals surface area contributed by atoms with E-state index in [0.29, 0.717) is 18.7 Å². The van der Waals surface area contributed by atoms with Gasteiger partial charge >= 0.3 is 5.97 Å². The van der Waals surface area contributed by atoms with Crippen molar-refractivity contribution in [2.75, 3.05) is 7.11 Å². The van der Waals surface area contributed by atoms with Crippen LogP contribution in [0.1, 0.15) is 32.1 Å². The van der Waals surface area contributed by atoms with E-state index in [1.807, 2.05) is 18.4 Å². The van der Waals surface area contributed by atoms with Crippen molar-refractivity contribution in [3.8, 4) is 0 Å². The van der Waals surface area contributed by atoms with Gasteiger partial charge in [0.1, 0.15) is 6.10 Å². The van der Waals surface area contributed by atoms with Gasteiger partial charge in [-0.2, -0.15) is 0 Å². The van der Waals surface area contributed by atoms with Crippen molar-refractivity contribution >= 4 is 5.97 Å². The molecule has 0 aliphatic rings. The van der Waals surface area contributed by atoms with Crippen LogP contribution in [0.5, 0.6) is 0 Å². The van der Waals surface area contributed by atoms with E-state index in [0.717, 1.165) is 0 Å². The number of aromatic nitrogens is 2. The molecule has 0 saturated carbocycles. The van der Waals surface area contributed by atoms with Gasteiger partial charge < -0.3 is 14.4 Å². The Kier molecular flexibility index (Phi) is 4.49. The number of nitrogens with zero attached hydrogens (tertiary/aromatic N) is 2. The largest absolute Gasteiger partial charge is 0.469 e. The summed E-state index contributed by atoms with van der Waals surface area (Å²) >= 11 is 0. The highest BCUT2D eigenvalue weighted by molar-refractivity contribution is 5.73. The number of aryl methyl sites for hydroxylation is 1. The van der Waals surface area contributed by atoms with Crippen molar-refractivity contribution in [1.82, 2.24) is 9.55 Å². The summed E-state index contributed by atoms with van der Waals surface area (Å²) in [7, 11) is 1.33. The highest BCUT2D eigenvalue weighted by atomic mass is 16.5. The quantitative estimate of drug-likeness (QED) is 0.764. The molecule has 2 unspecified atom stereocenters. The van der Waals surface area contributed by atoms with Gasteiger partial charge in [0.15, 0.2) is 0 Å². The highest BCUT2D eigenvalue weighted by Gasteiger charge is 2.29. The number of carbonyl (C=O) groups excluding carboxylic acids is 1. The molecule has 1 aromatic heterocycles. The van der Waals surface area contributed by atoms with Crippen LogP contribution in [0, 0.1) is 5.92 Å². The third-order valence-electron chi connectivity index (χ3n) is 2.71. The second-order valence-corrected chi connectivity index (χ2v) is 3.59. The molecule has 2 atom stereocenters. The molecule has 0 spiro atoms. The highest BCUT2D eigenvalue weighted by Crippen LogP contribution is 2.25. The number of hydrogen-bond donors (Lipinski definition) is 1. The molecule has 0 amide bonds. The number of rotatable bonds is 5. The lowest BCUT2D eigenvalue weighted by Gasteiger charge is -2.20. The molecule has 0 fully saturated rings. The lowest BCUT2D eigenvalue weighted by molar-refractivity contribution is -0.150. The topological polar surface area (TPSA) is 64.3 Å². The summed E-state index contributed by atoms with van der Waals surface area (Å²) in [5.74, 6) is -0.925. The zero-order chi connectivity index (χ0) is 12.1. The summed E-state index contributed by atoms with van der Waals surface area (Å²) < 4.78 is 6.48. The van der Waals surface area contributed by atoms with Crippen molar-refractivity contribution in [1.29, 1.82) is 0 Å². The molecule has 5 heteroatoms. The number of aliphatic hydroxyl groups excluding tert-OH is 1. The first-order chi connectivity index (χ1) is 7.65. The molecule has 0 aliphatic heterocycles. The Balaban J connectivity index is 2.90. The van der Waals surface area contributed by atoms with Crippen LogP contribution >= 0.6 is 0 Å². The van der Waals surface area contributed by atoms with Crippen LogP contribution in [-0.2, 0) is 16.1 Å². The summed E-state index contributed by atoms with van der Waals surface area (Å²) in [4.78, 5) is 15.4. The average molecular weight is 226 g/mol. The van der Waals surface area contributed by atoms with Gasteiger partial charge in [-0.3, -0.25) is 4.79 Å². The summed E-state index contributed by atoms with van der Waals surface area (Å²) in [6, 6.07) is 0. The lowest BCUT2D eigenvalue weighted by Crippen LogP contribution is -2.24. The maximum Gasteiger partial charge on any atom is 0.311 e. The van der Waals surface area contributed by atoms with E-state index < -0.39 is 12.0 Å². The molecule has 0 saturated heterocycles. The van der Waals surface area contributed by atoms with Crippen LogP contribution in [0.4, 0.5) is 0 Å². The Bertz CT molecular complexity index is 349. The molecule has 0 aromatic carbocycles. The smallest absolute Gasteiger partial charge is 0.311 e. The maximum atomic E-state index is 11.5. The van der Waals surface area contributed by atoms with Crippen molar-refractivity contribution in [3.05, 3.63) is 18.2 Å². The monoisotopic (exact) mass is 226 g/mol. The Morgan fingerprint density at radius 3 is 2.81 bits per heavy atom. The lowest BCUT2D eigenvalue weighted by atomic mass is 9.97. The Labute approximate surface area is 95.1 Å². The number of methoxy groups -OCH3 is 1. The van der Waals surface area contributed by atoms with E-state index in [2.05, 4.69) is 9.72 Å². The van der Waals surface area contributed by atoms with E-state index in [1.165, 1.54) is 7.11 Å². The van der Waals surface area contributed by atoms with Crippen LogP contribution in [0.3, 0.4) is 0 Å². The van der Waals surface area contributed by atoms with E-state index >= 15 is 0 Å².